The van der Waals surface area contributed by atoms with E-state index in [0.29, 0.717) is 29.1 Å². The summed E-state index contributed by atoms with van der Waals surface area (Å²) < 4.78 is 4.75. The minimum absolute atomic E-state index is 0.0319. The molecule has 0 amide bonds. The summed E-state index contributed by atoms with van der Waals surface area (Å²) in [7, 11) is 1.31. The van der Waals surface area contributed by atoms with E-state index in [1.807, 2.05) is 0 Å². The normalized spacial score (nSPS) is 21.6. The van der Waals surface area contributed by atoms with Gasteiger partial charge >= 0.3 is 11.9 Å². The number of esters is 1. The number of carboxylic acids is 1. The maximum Gasteiger partial charge on any atom is 0.340 e. The van der Waals surface area contributed by atoms with Gasteiger partial charge in [0.05, 0.1) is 18.6 Å². The molecular weight excluding hydrogens is 294 g/mol. The third-order valence-corrected chi connectivity index (χ3v) is 4.01. The molecule has 0 radical (unpaired) electrons. The van der Waals surface area contributed by atoms with Crippen molar-refractivity contribution in [2.45, 2.75) is 31.7 Å². The Morgan fingerprint density at radius 3 is 2.81 bits per heavy atom. The fourth-order valence-electron chi connectivity index (χ4n) is 2.69. The Bertz CT molecular complexity index is 546. The van der Waals surface area contributed by atoms with Gasteiger partial charge in [-0.25, -0.2) is 4.79 Å². The topological polar surface area (TPSA) is 75.6 Å². The van der Waals surface area contributed by atoms with E-state index < -0.39 is 11.9 Å². The minimum Gasteiger partial charge on any atom is -0.481 e. The molecule has 6 heteroatoms. The highest BCUT2D eigenvalue weighted by molar-refractivity contribution is 6.31. The summed E-state index contributed by atoms with van der Waals surface area (Å²) in [5, 5.41) is 12.8. The van der Waals surface area contributed by atoms with Gasteiger partial charge in [-0.2, -0.15) is 0 Å². The molecule has 1 saturated carbocycles. The van der Waals surface area contributed by atoms with Crippen molar-refractivity contribution >= 4 is 29.2 Å². The van der Waals surface area contributed by atoms with Crippen LogP contribution < -0.4 is 5.32 Å². The van der Waals surface area contributed by atoms with E-state index >= 15 is 0 Å². The number of benzene rings is 1. The van der Waals surface area contributed by atoms with E-state index in [0.717, 1.165) is 12.8 Å². The van der Waals surface area contributed by atoms with Crippen LogP contribution in [0.15, 0.2) is 18.2 Å². The van der Waals surface area contributed by atoms with Gasteiger partial charge in [0, 0.05) is 16.8 Å². The number of carbonyl (C=O) groups excluding carboxylic acids is 1. The lowest BCUT2D eigenvalue weighted by atomic mass is 9.85. The van der Waals surface area contributed by atoms with E-state index in [9.17, 15) is 9.59 Å². The van der Waals surface area contributed by atoms with Crippen LogP contribution in [0, 0.1) is 5.92 Å². The molecule has 2 unspecified atom stereocenters. The van der Waals surface area contributed by atoms with Crippen molar-refractivity contribution < 1.29 is 19.4 Å². The first-order valence-electron chi connectivity index (χ1n) is 6.88. The number of carboxylic acid groups (broad SMARTS) is 1. The van der Waals surface area contributed by atoms with Crippen molar-refractivity contribution in [3.05, 3.63) is 28.8 Å². The molecule has 5 nitrogen and oxygen atoms in total. The number of carbonyl (C=O) groups is 2. The zero-order valence-electron chi connectivity index (χ0n) is 11.8. The van der Waals surface area contributed by atoms with E-state index in [1.54, 1.807) is 18.2 Å². The van der Waals surface area contributed by atoms with Gasteiger partial charge in [0.25, 0.3) is 0 Å². The maximum absolute atomic E-state index is 11.8. The highest BCUT2D eigenvalue weighted by Crippen LogP contribution is 2.29. The third-order valence-electron chi connectivity index (χ3n) is 3.77. The monoisotopic (exact) mass is 311 g/mol. The summed E-state index contributed by atoms with van der Waals surface area (Å²) in [6.07, 6.45) is 3.00. The summed E-state index contributed by atoms with van der Waals surface area (Å²) in [5.41, 5.74) is 0.990. The van der Waals surface area contributed by atoms with Gasteiger partial charge in [-0.05, 0) is 37.5 Å². The molecule has 0 aromatic heterocycles. The van der Waals surface area contributed by atoms with Gasteiger partial charge in [0.1, 0.15) is 0 Å². The van der Waals surface area contributed by atoms with Crippen LogP contribution in [0.4, 0.5) is 5.69 Å². The molecule has 2 atom stereocenters. The van der Waals surface area contributed by atoms with E-state index in [-0.39, 0.29) is 12.0 Å². The molecule has 1 aliphatic carbocycles. The number of hydrogen-bond donors (Lipinski definition) is 2. The van der Waals surface area contributed by atoms with Crippen molar-refractivity contribution in [1.82, 2.24) is 0 Å². The van der Waals surface area contributed by atoms with Gasteiger partial charge in [0.2, 0.25) is 0 Å². The number of aliphatic carboxylic acids is 1. The molecule has 0 spiro atoms. The Morgan fingerprint density at radius 1 is 1.38 bits per heavy atom. The van der Waals surface area contributed by atoms with Gasteiger partial charge in [0.15, 0.2) is 0 Å². The quantitative estimate of drug-likeness (QED) is 0.835. The highest BCUT2D eigenvalue weighted by atomic mass is 35.5. The molecule has 1 aromatic carbocycles. The Morgan fingerprint density at radius 2 is 2.14 bits per heavy atom. The number of nitrogens with one attached hydrogen (secondary N) is 1. The van der Waals surface area contributed by atoms with E-state index in [4.69, 9.17) is 21.4 Å². The molecule has 0 aliphatic heterocycles. The molecule has 0 bridgehead atoms. The Balaban J connectivity index is 2.15. The van der Waals surface area contributed by atoms with Crippen LogP contribution in [0.2, 0.25) is 5.02 Å². The number of methoxy groups -OCH3 is 1. The number of rotatable bonds is 4. The van der Waals surface area contributed by atoms with Crippen LogP contribution >= 0.6 is 11.6 Å². The molecule has 1 aliphatic rings. The number of hydrogen-bond acceptors (Lipinski definition) is 4. The molecule has 0 heterocycles. The molecule has 2 N–H and O–H groups in total. The van der Waals surface area contributed by atoms with Gasteiger partial charge in [-0.1, -0.05) is 18.0 Å². The number of ether oxygens (including phenoxy) is 1. The van der Waals surface area contributed by atoms with Crippen molar-refractivity contribution in [2.75, 3.05) is 12.4 Å². The SMILES string of the molecule is COC(=O)c1cc(Cl)ccc1NC1CCCC(C(=O)O)C1. The average molecular weight is 312 g/mol. The van der Waals surface area contributed by atoms with E-state index in [1.165, 1.54) is 7.11 Å². The van der Waals surface area contributed by atoms with Crippen molar-refractivity contribution in [2.24, 2.45) is 5.92 Å². The second-order valence-electron chi connectivity index (χ2n) is 5.22. The van der Waals surface area contributed by atoms with Gasteiger partial charge < -0.3 is 15.2 Å². The van der Waals surface area contributed by atoms with E-state index in [2.05, 4.69) is 5.32 Å². The second kappa shape index (κ2) is 6.80. The Hall–Kier alpha value is -1.75. The first-order chi connectivity index (χ1) is 10.0. The predicted molar refractivity (Wildman–Crippen MR) is 79.8 cm³/mol. The third kappa shape index (κ3) is 3.88. The lowest BCUT2D eigenvalue weighted by Gasteiger charge is -2.28. The van der Waals surface area contributed by atoms with Crippen molar-refractivity contribution in [1.29, 1.82) is 0 Å². The van der Waals surface area contributed by atoms with Crippen molar-refractivity contribution in [3.63, 3.8) is 0 Å². The van der Waals surface area contributed by atoms with Crippen LogP contribution in [-0.2, 0) is 9.53 Å². The lowest BCUT2D eigenvalue weighted by molar-refractivity contribution is -0.142. The minimum atomic E-state index is -0.759. The largest absolute Gasteiger partial charge is 0.481 e. The molecule has 0 saturated heterocycles. The molecule has 2 rings (SSSR count). The Kier molecular flexibility index (Phi) is 5.07. The van der Waals surface area contributed by atoms with Gasteiger partial charge in [-0.3, -0.25) is 4.79 Å². The summed E-state index contributed by atoms with van der Waals surface area (Å²) in [5.74, 6) is -1.55. The van der Waals surface area contributed by atoms with Crippen molar-refractivity contribution in [3.8, 4) is 0 Å². The average Bonchev–Trinajstić information content (AvgIpc) is 2.48. The zero-order valence-corrected chi connectivity index (χ0v) is 12.5. The second-order valence-corrected chi connectivity index (χ2v) is 5.66. The molecule has 1 aromatic rings. The molecular formula is C15H18ClNO4. The molecule has 1 fully saturated rings. The zero-order chi connectivity index (χ0) is 15.4. The van der Waals surface area contributed by atoms with Crippen LogP contribution in [0.3, 0.4) is 0 Å². The number of halogens is 1. The standard InChI is InChI=1S/C15H18ClNO4/c1-21-15(20)12-8-10(16)5-6-13(12)17-11-4-2-3-9(7-11)14(18)19/h5-6,8-9,11,17H,2-4,7H2,1H3,(H,18,19). The molecule has 114 valence electrons. The summed E-state index contributed by atoms with van der Waals surface area (Å²) >= 11 is 5.91. The smallest absolute Gasteiger partial charge is 0.340 e. The van der Waals surface area contributed by atoms with Crippen LogP contribution in [0.25, 0.3) is 0 Å². The van der Waals surface area contributed by atoms with Crippen LogP contribution in [-0.4, -0.2) is 30.2 Å². The summed E-state index contributed by atoms with van der Waals surface area (Å²) in [6, 6.07) is 4.99. The fraction of sp³-hybridized carbons (Fsp3) is 0.467. The first kappa shape index (κ1) is 15.6. The van der Waals surface area contributed by atoms with Crippen LogP contribution in [0.1, 0.15) is 36.0 Å². The lowest BCUT2D eigenvalue weighted by Crippen LogP contribution is -2.31. The van der Waals surface area contributed by atoms with Gasteiger partial charge in [-0.15, -0.1) is 0 Å². The maximum atomic E-state index is 11.8. The highest BCUT2D eigenvalue weighted by Gasteiger charge is 2.27. The first-order valence-corrected chi connectivity index (χ1v) is 7.26. The predicted octanol–water partition coefficient (Wildman–Crippen LogP) is 3.18. The fourth-order valence-corrected chi connectivity index (χ4v) is 2.86. The summed E-state index contributed by atoms with van der Waals surface area (Å²) in [4.78, 5) is 22.9. The number of anilines is 1. The van der Waals surface area contributed by atoms with Crippen LogP contribution in [0.5, 0.6) is 0 Å². The molecule has 21 heavy (non-hydrogen) atoms. The Labute approximate surface area is 128 Å². The summed E-state index contributed by atoms with van der Waals surface area (Å²) in [6.45, 7) is 0.